The standard InChI is InChI=1S/C16H25N3O3S/c1-12(2)7-10-23-15-6-5-13(11-14(15)19(21)22)16(20)18(4)9-8-17-3/h5-6,11-12,17H,7-10H2,1-4H3. The van der Waals surface area contributed by atoms with E-state index in [0.717, 1.165) is 12.2 Å². The van der Waals surface area contributed by atoms with Gasteiger partial charge in [0.05, 0.1) is 9.82 Å². The van der Waals surface area contributed by atoms with Gasteiger partial charge in [0.15, 0.2) is 0 Å². The summed E-state index contributed by atoms with van der Waals surface area (Å²) < 4.78 is 0. The molecule has 0 atom stereocenters. The lowest BCUT2D eigenvalue weighted by Crippen LogP contribution is -2.32. The van der Waals surface area contributed by atoms with Crippen molar-refractivity contribution in [2.75, 3.05) is 32.9 Å². The van der Waals surface area contributed by atoms with Crippen LogP contribution in [0.2, 0.25) is 0 Å². The molecule has 0 aliphatic rings. The van der Waals surface area contributed by atoms with Gasteiger partial charge in [0.2, 0.25) is 0 Å². The molecule has 0 heterocycles. The fourth-order valence-corrected chi connectivity index (χ4v) is 3.18. The maximum atomic E-state index is 12.3. The zero-order valence-electron chi connectivity index (χ0n) is 14.2. The Labute approximate surface area is 141 Å². The first kappa shape index (κ1) is 19.4. The SMILES string of the molecule is CNCCN(C)C(=O)c1ccc(SCCC(C)C)c([N+](=O)[O-])c1. The highest BCUT2D eigenvalue weighted by Gasteiger charge is 2.19. The van der Waals surface area contributed by atoms with Crippen molar-refractivity contribution in [3.8, 4) is 0 Å². The number of amides is 1. The molecule has 0 aliphatic heterocycles. The predicted molar refractivity (Wildman–Crippen MR) is 94.2 cm³/mol. The smallest absolute Gasteiger partial charge is 0.283 e. The maximum absolute atomic E-state index is 12.3. The second-order valence-electron chi connectivity index (χ2n) is 5.80. The molecule has 7 heteroatoms. The average molecular weight is 339 g/mol. The van der Waals surface area contributed by atoms with E-state index in [1.54, 1.807) is 24.1 Å². The van der Waals surface area contributed by atoms with Crippen LogP contribution in [0.1, 0.15) is 30.6 Å². The van der Waals surface area contributed by atoms with Gasteiger partial charge in [-0.15, -0.1) is 11.8 Å². The Balaban J connectivity index is 2.90. The Hall–Kier alpha value is -1.60. The van der Waals surface area contributed by atoms with Crippen LogP contribution in [-0.4, -0.2) is 48.7 Å². The van der Waals surface area contributed by atoms with Gasteiger partial charge in [0.25, 0.3) is 11.6 Å². The number of rotatable bonds is 9. The van der Waals surface area contributed by atoms with Gasteiger partial charge in [-0.2, -0.15) is 0 Å². The summed E-state index contributed by atoms with van der Waals surface area (Å²) in [6.45, 7) is 5.47. The van der Waals surface area contributed by atoms with Gasteiger partial charge >= 0.3 is 0 Å². The molecule has 6 nitrogen and oxygen atoms in total. The molecule has 0 saturated heterocycles. The van der Waals surface area contributed by atoms with Crippen molar-refractivity contribution >= 4 is 23.4 Å². The van der Waals surface area contributed by atoms with E-state index >= 15 is 0 Å². The number of carbonyl (C=O) groups is 1. The van der Waals surface area contributed by atoms with E-state index in [-0.39, 0.29) is 11.6 Å². The lowest BCUT2D eigenvalue weighted by Gasteiger charge is -2.17. The molecule has 0 fully saturated rings. The summed E-state index contributed by atoms with van der Waals surface area (Å²) in [5.41, 5.74) is 0.357. The lowest BCUT2D eigenvalue weighted by molar-refractivity contribution is -0.387. The minimum atomic E-state index is -0.415. The highest BCUT2D eigenvalue weighted by atomic mass is 32.2. The molecule has 0 bridgehead atoms. The maximum Gasteiger partial charge on any atom is 0.283 e. The summed E-state index contributed by atoms with van der Waals surface area (Å²) in [4.78, 5) is 25.4. The monoisotopic (exact) mass is 339 g/mol. The van der Waals surface area contributed by atoms with E-state index in [1.807, 2.05) is 7.05 Å². The molecular formula is C16H25N3O3S. The Morgan fingerprint density at radius 3 is 2.70 bits per heavy atom. The molecule has 23 heavy (non-hydrogen) atoms. The van der Waals surface area contributed by atoms with Gasteiger partial charge in [-0.3, -0.25) is 14.9 Å². The first-order valence-corrected chi connectivity index (χ1v) is 8.66. The van der Waals surface area contributed by atoms with Crippen molar-refractivity contribution in [1.82, 2.24) is 10.2 Å². The van der Waals surface area contributed by atoms with Gasteiger partial charge in [-0.05, 0) is 37.3 Å². The van der Waals surface area contributed by atoms with Crippen LogP contribution < -0.4 is 5.32 Å². The van der Waals surface area contributed by atoms with Gasteiger partial charge in [-0.25, -0.2) is 0 Å². The second kappa shape index (κ2) is 9.52. The largest absolute Gasteiger partial charge is 0.340 e. The third-order valence-corrected chi connectivity index (χ3v) is 4.50. The Bertz CT molecular complexity index is 549. The minimum absolute atomic E-state index is 0.00613. The zero-order valence-corrected chi connectivity index (χ0v) is 15.0. The zero-order chi connectivity index (χ0) is 17.4. The van der Waals surface area contributed by atoms with Crippen LogP contribution in [0.4, 0.5) is 5.69 Å². The Kier molecular flexibility index (Phi) is 8.05. The van der Waals surface area contributed by atoms with Crippen molar-refractivity contribution in [2.24, 2.45) is 5.92 Å². The normalized spacial score (nSPS) is 10.8. The van der Waals surface area contributed by atoms with Crippen LogP contribution in [0.3, 0.4) is 0 Å². The van der Waals surface area contributed by atoms with Crippen molar-refractivity contribution < 1.29 is 9.72 Å². The Morgan fingerprint density at radius 1 is 1.43 bits per heavy atom. The lowest BCUT2D eigenvalue weighted by atomic mass is 10.2. The number of hydrogen-bond acceptors (Lipinski definition) is 5. The number of nitrogens with one attached hydrogen (secondary N) is 1. The number of nitro groups is 1. The summed E-state index contributed by atoms with van der Waals surface area (Å²) in [6, 6.07) is 4.74. The first-order valence-electron chi connectivity index (χ1n) is 7.68. The van der Waals surface area contributed by atoms with Crippen LogP contribution in [-0.2, 0) is 0 Å². The van der Waals surface area contributed by atoms with E-state index in [4.69, 9.17) is 0 Å². The topological polar surface area (TPSA) is 75.5 Å². The summed E-state index contributed by atoms with van der Waals surface area (Å²) in [5, 5.41) is 14.3. The molecule has 0 radical (unpaired) electrons. The molecule has 1 aromatic carbocycles. The molecule has 0 spiro atoms. The average Bonchev–Trinajstić information content (AvgIpc) is 2.51. The first-order chi connectivity index (χ1) is 10.9. The number of thioether (sulfide) groups is 1. The number of likely N-dealkylation sites (N-methyl/N-ethyl adjacent to an activating group) is 2. The molecule has 128 valence electrons. The van der Waals surface area contributed by atoms with Crippen LogP contribution >= 0.6 is 11.8 Å². The van der Waals surface area contributed by atoms with Gasteiger partial charge in [0, 0.05) is 31.8 Å². The number of nitro benzene ring substituents is 1. The van der Waals surface area contributed by atoms with E-state index < -0.39 is 4.92 Å². The fraction of sp³-hybridized carbons (Fsp3) is 0.562. The molecular weight excluding hydrogens is 314 g/mol. The minimum Gasteiger partial charge on any atom is -0.340 e. The summed E-state index contributed by atoms with van der Waals surface area (Å²) in [6.07, 6.45) is 0.995. The van der Waals surface area contributed by atoms with E-state index in [2.05, 4.69) is 19.2 Å². The van der Waals surface area contributed by atoms with E-state index in [0.29, 0.717) is 29.5 Å². The highest BCUT2D eigenvalue weighted by Crippen LogP contribution is 2.31. The predicted octanol–water partition coefficient (Wildman–Crippen LogP) is 3.02. The van der Waals surface area contributed by atoms with Crippen molar-refractivity contribution in [2.45, 2.75) is 25.2 Å². The molecule has 1 aromatic rings. The van der Waals surface area contributed by atoms with Crippen molar-refractivity contribution in [3.05, 3.63) is 33.9 Å². The third-order valence-electron chi connectivity index (χ3n) is 3.40. The van der Waals surface area contributed by atoms with Gasteiger partial charge < -0.3 is 10.2 Å². The molecule has 1 amide bonds. The van der Waals surface area contributed by atoms with Crippen molar-refractivity contribution in [3.63, 3.8) is 0 Å². The summed E-state index contributed by atoms with van der Waals surface area (Å²) in [5.74, 6) is 1.18. The second-order valence-corrected chi connectivity index (χ2v) is 6.94. The molecule has 0 unspecified atom stereocenters. The number of benzene rings is 1. The van der Waals surface area contributed by atoms with Crippen LogP contribution in [0, 0.1) is 16.0 Å². The quantitative estimate of drug-likeness (QED) is 0.425. The van der Waals surface area contributed by atoms with Crippen LogP contribution in [0.15, 0.2) is 23.1 Å². The van der Waals surface area contributed by atoms with Gasteiger partial charge in [-0.1, -0.05) is 13.8 Å². The molecule has 1 N–H and O–H groups in total. The molecule has 1 rings (SSSR count). The van der Waals surface area contributed by atoms with Crippen LogP contribution in [0.25, 0.3) is 0 Å². The Morgan fingerprint density at radius 2 is 2.13 bits per heavy atom. The third kappa shape index (κ3) is 6.19. The molecule has 0 saturated carbocycles. The highest BCUT2D eigenvalue weighted by molar-refractivity contribution is 7.99. The summed E-state index contributed by atoms with van der Waals surface area (Å²) in [7, 11) is 3.50. The molecule has 0 aliphatic carbocycles. The van der Waals surface area contributed by atoms with E-state index in [9.17, 15) is 14.9 Å². The number of carbonyl (C=O) groups excluding carboxylic acids is 1. The molecule has 0 aromatic heterocycles. The summed E-state index contributed by atoms with van der Waals surface area (Å²) >= 11 is 1.47. The van der Waals surface area contributed by atoms with Gasteiger partial charge in [0.1, 0.15) is 0 Å². The van der Waals surface area contributed by atoms with Crippen LogP contribution in [0.5, 0.6) is 0 Å². The van der Waals surface area contributed by atoms with E-state index in [1.165, 1.54) is 17.8 Å². The fourth-order valence-electron chi connectivity index (χ4n) is 1.92. The number of nitrogens with zero attached hydrogens (tertiary/aromatic N) is 2. The number of hydrogen-bond donors (Lipinski definition) is 1. The van der Waals surface area contributed by atoms with Crippen molar-refractivity contribution in [1.29, 1.82) is 0 Å².